The van der Waals surface area contributed by atoms with Gasteiger partial charge >= 0.3 is 0 Å². The minimum atomic E-state index is 0.935. The third-order valence-corrected chi connectivity index (χ3v) is 9.03. The fourth-order valence-electron chi connectivity index (χ4n) is 6.72. The molecule has 0 aliphatic heterocycles. The zero-order valence-corrected chi connectivity index (χ0v) is 22.6. The van der Waals surface area contributed by atoms with E-state index in [0.717, 1.165) is 23.7 Å². The zero-order valence-electron chi connectivity index (χ0n) is 22.6. The van der Waals surface area contributed by atoms with Crippen LogP contribution in [0.25, 0.3) is 0 Å². The van der Waals surface area contributed by atoms with Gasteiger partial charge in [-0.1, -0.05) is 101 Å². The molecular weight excluding hydrogens is 422 g/mol. The summed E-state index contributed by atoms with van der Waals surface area (Å²) in [6, 6.07) is 11.5. The molecule has 2 aliphatic rings. The molecule has 3 rings (SSSR count). The summed E-state index contributed by atoms with van der Waals surface area (Å²) < 4.78 is 0. The third-order valence-electron chi connectivity index (χ3n) is 9.03. The molecule has 0 bridgehead atoms. The van der Waals surface area contributed by atoms with E-state index in [1.807, 2.05) is 18.2 Å². The second-order valence-corrected chi connectivity index (χ2v) is 11.6. The molecule has 0 unspecified atom stereocenters. The molecule has 0 heterocycles. The van der Waals surface area contributed by atoms with Gasteiger partial charge in [0.25, 0.3) is 0 Å². The van der Waals surface area contributed by atoms with Crippen molar-refractivity contribution in [3.8, 4) is 6.07 Å². The lowest BCUT2D eigenvalue weighted by molar-refractivity contribution is 0.140. The Hall–Kier alpha value is -1.81. The summed E-state index contributed by atoms with van der Waals surface area (Å²) in [5.41, 5.74) is 3.06. The highest BCUT2D eigenvalue weighted by molar-refractivity contribution is 5.22. The molecule has 2 aliphatic carbocycles. The topological polar surface area (TPSA) is 23.8 Å². The summed E-state index contributed by atoms with van der Waals surface area (Å²) in [7, 11) is 0. The van der Waals surface area contributed by atoms with Gasteiger partial charge in [-0.15, -0.1) is 0 Å². The van der Waals surface area contributed by atoms with Crippen molar-refractivity contribution in [2.24, 2.45) is 23.7 Å². The van der Waals surface area contributed by atoms with Gasteiger partial charge in [-0.05, 0) is 99.0 Å². The Morgan fingerprint density at radius 3 is 1.80 bits per heavy atom. The van der Waals surface area contributed by atoms with Gasteiger partial charge in [0.15, 0.2) is 0 Å². The van der Waals surface area contributed by atoms with Crippen LogP contribution in [-0.2, 0) is 12.8 Å². The number of unbranched alkanes of at least 4 members (excludes halogenated alkanes) is 3. The molecule has 2 saturated carbocycles. The Labute approximate surface area is 217 Å². The van der Waals surface area contributed by atoms with Crippen molar-refractivity contribution in [2.45, 2.75) is 122 Å². The van der Waals surface area contributed by atoms with Crippen LogP contribution in [0, 0.1) is 35.0 Å². The molecule has 2 fully saturated rings. The smallest absolute Gasteiger partial charge is 0.0912 e. The SMILES string of the molecule is CCCCCc1ccc(CCCCC2CCC(C3CCC(CC/C=C/C=C/C#N)CC3)CC2)cc1. The molecule has 0 radical (unpaired) electrons. The Kier molecular flexibility index (Phi) is 13.3. The van der Waals surface area contributed by atoms with Gasteiger partial charge in [-0.3, -0.25) is 0 Å². The van der Waals surface area contributed by atoms with E-state index in [-0.39, 0.29) is 0 Å². The summed E-state index contributed by atoms with van der Waals surface area (Å²) in [4.78, 5) is 0. The van der Waals surface area contributed by atoms with Crippen LogP contribution in [0.3, 0.4) is 0 Å². The van der Waals surface area contributed by atoms with Crippen LogP contribution in [0.1, 0.15) is 121 Å². The van der Waals surface area contributed by atoms with E-state index in [0.29, 0.717) is 0 Å². The molecule has 1 aromatic rings. The van der Waals surface area contributed by atoms with Gasteiger partial charge in [0.2, 0.25) is 0 Å². The lowest BCUT2D eigenvalue weighted by Crippen LogP contribution is -2.25. The van der Waals surface area contributed by atoms with Crippen molar-refractivity contribution < 1.29 is 0 Å². The highest BCUT2D eigenvalue weighted by Gasteiger charge is 2.30. The number of nitriles is 1. The molecule has 0 N–H and O–H groups in total. The molecular formula is C34H51N. The van der Waals surface area contributed by atoms with Crippen molar-refractivity contribution in [2.75, 3.05) is 0 Å². The van der Waals surface area contributed by atoms with Crippen molar-refractivity contribution >= 4 is 0 Å². The standard InChI is InChI=1S/C34H51N/c1-2-3-7-12-29-16-18-30(19-17-29)14-9-10-15-32-22-26-34(27-23-32)33-24-20-31(21-25-33)13-8-5-4-6-11-28-35/h4-6,11,16-19,31-34H,2-3,7-10,12-15,20-27H2,1H3/b5-4+,11-6+. The first-order valence-electron chi connectivity index (χ1n) is 15.1. The molecule has 1 aromatic carbocycles. The first kappa shape index (κ1) is 27.8. The van der Waals surface area contributed by atoms with Gasteiger partial charge in [-0.25, -0.2) is 0 Å². The summed E-state index contributed by atoms with van der Waals surface area (Å²) in [5.74, 6) is 3.99. The number of hydrogen-bond acceptors (Lipinski definition) is 1. The predicted octanol–water partition coefficient (Wildman–Crippen LogP) is 10.2. The van der Waals surface area contributed by atoms with Gasteiger partial charge in [-0.2, -0.15) is 5.26 Å². The Morgan fingerprint density at radius 1 is 0.714 bits per heavy atom. The number of nitrogens with zero attached hydrogens (tertiary/aromatic N) is 1. The zero-order chi connectivity index (χ0) is 24.6. The maximum Gasteiger partial charge on any atom is 0.0912 e. The summed E-state index contributed by atoms with van der Waals surface area (Å²) >= 11 is 0. The van der Waals surface area contributed by atoms with E-state index in [9.17, 15) is 0 Å². The minimum Gasteiger partial charge on any atom is -0.193 e. The Bertz CT molecular complexity index is 764. The largest absolute Gasteiger partial charge is 0.193 e. The Balaban J connectivity index is 1.22. The van der Waals surface area contributed by atoms with Gasteiger partial charge < -0.3 is 0 Å². The van der Waals surface area contributed by atoms with Crippen LogP contribution in [0.4, 0.5) is 0 Å². The molecule has 0 spiro atoms. The summed E-state index contributed by atoms with van der Waals surface area (Å²) in [6.07, 6.45) is 32.8. The minimum absolute atomic E-state index is 0.935. The lowest BCUT2D eigenvalue weighted by Gasteiger charge is -2.38. The maximum absolute atomic E-state index is 8.52. The van der Waals surface area contributed by atoms with Crippen LogP contribution in [0.2, 0.25) is 0 Å². The third kappa shape index (κ3) is 10.8. The first-order chi connectivity index (χ1) is 17.3. The van der Waals surface area contributed by atoms with E-state index in [1.165, 1.54) is 127 Å². The first-order valence-corrected chi connectivity index (χ1v) is 15.1. The quantitative estimate of drug-likeness (QED) is 0.150. The molecule has 0 saturated heterocycles. The summed E-state index contributed by atoms with van der Waals surface area (Å²) in [5, 5.41) is 8.52. The van der Waals surface area contributed by atoms with E-state index in [4.69, 9.17) is 5.26 Å². The van der Waals surface area contributed by atoms with Crippen LogP contribution in [0.15, 0.2) is 48.6 Å². The number of aryl methyl sites for hydroxylation is 2. The van der Waals surface area contributed by atoms with Crippen LogP contribution < -0.4 is 0 Å². The van der Waals surface area contributed by atoms with E-state index < -0.39 is 0 Å². The fraction of sp³-hybridized carbons (Fsp3) is 0.676. The molecule has 0 aromatic heterocycles. The predicted molar refractivity (Wildman–Crippen MR) is 151 cm³/mol. The summed E-state index contributed by atoms with van der Waals surface area (Å²) in [6.45, 7) is 2.28. The molecule has 35 heavy (non-hydrogen) atoms. The lowest BCUT2D eigenvalue weighted by atomic mass is 9.68. The van der Waals surface area contributed by atoms with Crippen molar-refractivity contribution in [1.29, 1.82) is 5.26 Å². The number of allylic oxidation sites excluding steroid dienone is 4. The van der Waals surface area contributed by atoms with Crippen molar-refractivity contribution in [1.82, 2.24) is 0 Å². The molecule has 0 amide bonds. The van der Waals surface area contributed by atoms with Crippen molar-refractivity contribution in [3.05, 3.63) is 59.7 Å². The van der Waals surface area contributed by atoms with Gasteiger partial charge in [0, 0.05) is 6.08 Å². The van der Waals surface area contributed by atoms with Crippen LogP contribution in [-0.4, -0.2) is 0 Å². The number of rotatable bonds is 14. The van der Waals surface area contributed by atoms with Crippen molar-refractivity contribution in [3.63, 3.8) is 0 Å². The highest BCUT2D eigenvalue weighted by atomic mass is 14.4. The maximum atomic E-state index is 8.52. The van der Waals surface area contributed by atoms with E-state index in [1.54, 1.807) is 6.08 Å². The molecule has 192 valence electrons. The van der Waals surface area contributed by atoms with Gasteiger partial charge in [0.05, 0.1) is 6.07 Å². The number of benzene rings is 1. The second-order valence-electron chi connectivity index (χ2n) is 11.6. The second kappa shape index (κ2) is 16.8. The molecule has 1 heteroatoms. The Morgan fingerprint density at radius 2 is 1.26 bits per heavy atom. The monoisotopic (exact) mass is 473 g/mol. The molecule has 1 nitrogen and oxygen atoms in total. The van der Waals surface area contributed by atoms with Crippen LogP contribution in [0.5, 0.6) is 0 Å². The molecule has 0 atom stereocenters. The average molecular weight is 474 g/mol. The number of hydrogen-bond donors (Lipinski definition) is 0. The fourth-order valence-corrected chi connectivity index (χ4v) is 6.72. The average Bonchev–Trinajstić information content (AvgIpc) is 2.90. The van der Waals surface area contributed by atoms with Gasteiger partial charge in [0.1, 0.15) is 0 Å². The van der Waals surface area contributed by atoms with E-state index >= 15 is 0 Å². The highest BCUT2D eigenvalue weighted by Crippen LogP contribution is 2.43. The van der Waals surface area contributed by atoms with E-state index in [2.05, 4.69) is 37.3 Å². The van der Waals surface area contributed by atoms with Crippen LogP contribution >= 0.6 is 0 Å². The normalized spacial score (nSPS) is 25.3.